The molecule has 1 aromatic heterocycles. The fourth-order valence-electron chi connectivity index (χ4n) is 1.16. The first kappa shape index (κ1) is 10.7. The molecule has 0 aliphatic rings. The van der Waals surface area contributed by atoms with Crippen LogP contribution in [0.1, 0.15) is 5.82 Å². The van der Waals surface area contributed by atoms with Crippen molar-refractivity contribution in [3.8, 4) is 5.75 Å². The highest BCUT2D eigenvalue weighted by Gasteiger charge is 2.09. The van der Waals surface area contributed by atoms with Gasteiger partial charge in [0.25, 0.3) is 0 Å². The Morgan fingerprint density at radius 3 is 2.86 bits per heavy atom. The highest BCUT2D eigenvalue weighted by molar-refractivity contribution is 5.50. The third kappa shape index (κ3) is 2.32. The lowest BCUT2D eigenvalue weighted by atomic mass is 10.4. The van der Waals surface area contributed by atoms with Crippen LogP contribution in [0.2, 0.25) is 0 Å². The van der Waals surface area contributed by atoms with Gasteiger partial charge < -0.3 is 15.4 Å². The highest BCUT2D eigenvalue weighted by Crippen LogP contribution is 2.22. The number of anilines is 1. The van der Waals surface area contributed by atoms with E-state index in [-0.39, 0.29) is 0 Å². The van der Waals surface area contributed by atoms with Gasteiger partial charge in [-0.3, -0.25) is 0 Å². The van der Waals surface area contributed by atoms with Crippen molar-refractivity contribution in [3.05, 3.63) is 12.0 Å². The molecule has 0 spiro atoms. The molecule has 0 aromatic carbocycles. The predicted molar refractivity (Wildman–Crippen MR) is 55.6 cm³/mol. The number of hydrogen-bond acceptors (Lipinski definition) is 5. The number of nitrogens with zero attached hydrogens (tertiary/aromatic N) is 3. The smallest absolute Gasteiger partial charge is 0.179 e. The minimum Gasteiger partial charge on any atom is -0.491 e. The lowest BCUT2D eigenvalue weighted by Crippen LogP contribution is -2.26. The van der Waals surface area contributed by atoms with Crippen LogP contribution in [-0.4, -0.2) is 37.2 Å². The SMILES string of the molecule is COc1cnc(C)nc1N(C)CCN. The third-order valence-electron chi connectivity index (χ3n) is 1.90. The van der Waals surface area contributed by atoms with Crippen LogP contribution in [0.4, 0.5) is 5.82 Å². The van der Waals surface area contributed by atoms with Crippen molar-refractivity contribution >= 4 is 5.82 Å². The highest BCUT2D eigenvalue weighted by atomic mass is 16.5. The third-order valence-corrected chi connectivity index (χ3v) is 1.90. The van der Waals surface area contributed by atoms with Gasteiger partial charge in [-0.2, -0.15) is 0 Å². The molecular formula is C9H16N4O. The summed E-state index contributed by atoms with van der Waals surface area (Å²) in [5.74, 6) is 2.18. The Hall–Kier alpha value is -1.36. The topological polar surface area (TPSA) is 64.3 Å². The van der Waals surface area contributed by atoms with Gasteiger partial charge in [-0.05, 0) is 6.92 Å². The van der Waals surface area contributed by atoms with E-state index in [1.165, 1.54) is 0 Å². The minimum absolute atomic E-state index is 0.586. The van der Waals surface area contributed by atoms with Gasteiger partial charge in [0.05, 0.1) is 13.3 Å². The molecule has 0 aliphatic carbocycles. The van der Waals surface area contributed by atoms with Crippen LogP contribution in [0.15, 0.2) is 6.20 Å². The number of ether oxygens (including phenoxy) is 1. The van der Waals surface area contributed by atoms with Crippen molar-refractivity contribution in [1.82, 2.24) is 9.97 Å². The summed E-state index contributed by atoms with van der Waals surface area (Å²) in [4.78, 5) is 10.3. The number of methoxy groups -OCH3 is 1. The lowest BCUT2D eigenvalue weighted by Gasteiger charge is -2.19. The molecule has 0 radical (unpaired) electrons. The summed E-state index contributed by atoms with van der Waals surface area (Å²) in [6.07, 6.45) is 1.67. The molecule has 0 saturated carbocycles. The Balaban J connectivity index is 2.97. The van der Waals surface area contributed by atoms with Crippen molar-refractivity contribution in [1.29, 1.82) is 0 Å². The van der Waals surface area contributed by atoms with Gasteiger partial charge in [-0.1, -0.05) is 0 Å². The standard InChI is InChI=1S/C9H16N4O/c1-7-11-6-8(14-3)9(12-7)13(2)5-4-10/h6H,4-5,10H2,1-3H3. The summed E-state index contributed by atoms with van der Waals surface area (Å²) in [6.45, 7) is 3.18. The maximum Gasteiger partial charge on any atom is 0.179 e. The molecule has 0 unspecified atom stereocenters. The summed E-state index contributed by atoms with van der Waals surface area (Å²) < 4.78 is 5.16. The molecule has 5 heteroatoms. The maximum atomic E-state index is 5.47. The fraction of sp³-hybridized carbons (Fsp3) is 0.556. The van der Waals surface area contributed by atoms with Crippen molar-refractivity contribution in [2.75, 3.05) is 32.1 Å². The number of nitrogens with two attached hydrogens (primary N) is 1. The van der Waals surface area contributed by atoms with Crippen LogP contribution in [0.25, 0.3) is 0 Å². The molecule has 0 aliphatic heterocycles. The first-order valence-corrected chi connectivity index (χ1v) is 4.48. The summed E-state index contributed by atoms with van der Waals surface area (Å²) in [7, 11) is 3.53. The maximum absolute atomic E-state index is 5.47. The predicted octanol–water partition coefficient (Wildman–Crippen LogP) is 0.189. The molecule has 0 amide bonds. The van der Waals surface area contributed by atoms with E-state index in [1.807, 2.05) is 18.9 Å². The number of rotatable bonds is 4. The zero-order chi connectivity index (χ0) is 10.6. The number of aromatic nitrogens is 2. The average molecular weight is 196 g/mol. The Bertz CT molecular complexity index is 303. The monoisotopic (exact) mass is 196 g/mol. The summed E-state index contributed by atoms with van der Waals surface area (Å²) in [5, 5.41) is 0. The van der Waals surface area contributed by atoms with Crippen LogP contribution >= 0.6 is 0 Å². The average Bonchev–Trinajstić information content (AvgIpc) is 2.18. The Labute approximate surface area is 83.9 Å². The second-order valence-corrected chi connectivity index (χ2v) is 3.02. The van der Waals surface area contributed by atoms with E-state index >= 15 is 0 Å². The molecule has 14 heavy (non-hydrogen) atoms. The van der Waals surface area contributed by atoms with Gasteiger partial charge in [-0.25, -0.2) is 9.97 Å². The summed E-state index contributed by atoms with van der Waals surface area (Å²) >= 11 is 0. The van der Waals surface area contributed by atoms with E-state index in [9.17, 15) is 0 Å². The molecule has 2 N–H and O–H groups in total. The van der Waals surface area contributed by atoms with Crippen molar-refractivity contribution < 1.29 is 4.74 Å². The molecular weight excluding hydrogens is 180 g/mol. The van der Waals surface area contributed by atoms with Crippen molar-refractivity contribution in [2.24, 2.45) is 5.73 Å². The fourth-order valence-corrected chi connectivity index (χ4v) is 1.16. The Morgan fingerprint density at radius 2 is 2.29 bits per heavy atom. The zero-order valence-corrected chi connectivity index (χ0v) is 8.82. The molecule has 0 atom stereocenters. The molecule has 78 valence electrons. The molecule has 1 rings (SSSR count). The Kier molecular flexibility index (Phi) is 3.64. The first-order chi connectivity index (χ1) is 6.69. The molecule has 0 fully saturated rings. The zero-order valence-electron chi connectivity index (χ0n) is 8.82. The van der Waals surface area contributed by atoms with Crippen LogP contribution in [0.5, 0.6) is 5.75 Å². The largest absolute Gasteiger partial charge is 0.491 e. The molecule has 0 saturated heterocycles. The van der Waals surface area contributed by atoms with Gasteiger partial charge in [0, 0.05) is 20.1 Å². The molecule has 1 heterocycles. The number of likely N-dealkylation sites (N-methyl/N-ethyl adjacent to an activating group) is 1. The van der Waals surface area contributed by atoms with Crippen LogP contribution in [0, 0.1) is 6.92 Å². The van der Waals surface area contributed by atoms with Gasteiger partial charge >= 0.3 is 0 Å². The molecule has 1 aromatic rings. The van der Waals surface area contributed by atoms with E-state index < -0.39 is 0 Å². The quantitative estimate of drug-likeness (QED) is 0.744. The van der Waals surface area contributed by atoms with Gasteiger partial charge in [-0.15, -0.1) is 0 Å². The van der Waals surface area contributed by atoms with E-state index in [2.05, 4.69) is 9.97 Å². The summed E-state index contributed by atoms with van der Waals surface area (Å²) in [5.41, 5.74) is 5.47. The Morgan fingerprint density at radius 1 is 1.57 bits per heavy atom. The number of hydrogen-bond donors (Lipinski definition) is 1. The molecule has 0 bridgehead atoms. The van der Waals surface area contributed by atoms with Gasteiger partial charge in [0.1, 0.15) is 5.82 Å². The second-order valence-electron chi connectivity index (χ2n) is 3.02. The van der Waals surface area contributed by atoms with Crippen LogP contribution in [-0.2, 0) is 0 Å². The summed E-state index contributed by atoms with van der Waals surface area (Å²) in [6, 6.07) is 0. The normalized spacial score (nSPS) is 10.0. The van der Waals surface area contributed by atoms with Crippen LogP contribution < -0.4 is 15.4 Å². The first-order valence-electron chi connectivity index (χ1n) is 4.48. The van der Waals surface area contributed by atoms with E-state index in [0.29, 0.717) is 12.3 Å². The van der Waals surface area contributed by atoms with E-state index in [1.54, 1.807) is 13.3 Å². The van der Waals surface area contributed by atoms with Crippen molar-refractivity contribution in [3.63, 3.8) is 0 Å². The van der Waals surface area contributed by atoms with Gasteiger partial charge in [0.2, 0.25) is 0 Å². The second kappa shape index (κ2) is 4.76. The minimum atomic E-state index is 0.586. The lowest BCUT2D eigenvalue weighted by molar-refractivity contribution is 0.410. The van der Waals surface area contributed by atoms with E-state index in [0.717, 1.165) is 18.2 Å². The molecule has 5 nitrogen and oxygen atoms in total. The van der Waals surface area contributed by atoms with Gasteiger partial charge in [0.15, 0.2) is 11.6 Å². The van der Waals surface area contributed by atoms with Crippen molar-refractivity contribution in [2.45, 2.75) is 6.92 Å². The van der Waals surface area contributed by atoms with E-state index in [4.69, 9.17) is 10.5 Å². The number of aryl methyl sites for hydroxylation is 1. The van der Waals surface area contributed by atoms with Crippen LogP contribution in [0.3, 0.4) is 0 Å².